The second kappa shape index (κ2) is 4.65. The van der Waals surface area contributed by atoms with Crippen LogP contribution in [0, 0.1) is 5.82 Å². The molecular formula is C11H14FN. The van der Waals surface area contributed by atoms with Crippen LogP contribution in [-0.2, 0) is 0 Å². The van der Waals surface area contributed by atoms with Gasteiger partial charge < -0.3 is 5.32 Å². The third kappa shape index (κ3) is 3.74. The molecular weight excluding hydrogens is 165 g/mol. The van der Waals surface area contributed by atoms with Crippen molar-refractivity contribution in [1.29, 1.82) is 0 Å². The Bertz CT molecular complexity index is 301. The summed E-state index contributed by atoms with van der Waals surface area (Å²) in [5.74, 6) is -0.206. The van der Waals surface area contributed by atoms with Gasteiger partial charge in [0.05, 0.1) is 0 Å². The van der Waals surface area contributed by atoms with Crippen molar-refractivity contribution in [3.63, 3.8) is 0 Å². The van der Waals surface area contributed by atoms with Crippen molar-refractivity contribution in [3.8, 4) is 0 Å². The van der Waals surface area contributed by atoms with Gasteiger partial charge in [-0.1, -0.05) is 17.7 Å². The fourth-order valence-electron chi connectivity index (χ4n) is 0.971. The van der Waals surface area contributed by atoms with Crippen molar-refractivity contribution in [1.82, 2.24) is 0 Å². The van der Waals surface area contributed by atoms with Crippen LogP contribution in [-0.4, -0.2) is 6.54 Å². The van der Waals surface area contributed by atoms with Gasteiger partial charge in [-0.05, 0) is 32.0 Å². The second-order valence-electron chi connectivity index (χ2n) is 3.17. The van der Waals surface area contributed by atoms with Crippen LogP contribution < -0.4 is 5.32 Å². The van der Waals surface area contributed by atoms with E-state index in [1.54, 1.807) is 6.07 Å². The van der Waals surface area contributed by atoms with Crippen LogP contribution in [0.15, 0.2) is 35.9 Å². The van der Waals surface area contributed by atoms with E-state index in [0.717, 1.165) is 12.2 Å². The molecule has 0 saturated heterocycles. The minimum absolute atomic E-state index is 0.206. The first-order chi connectivity index (χ1) is 6.18. The Labute approximate surface area is 78.3 Å². The average molecular weight is 179 g/mol. The summed E-state index contributed by atoms with van der Waals surface area (Å²) in [7, 11) is 0. The van der Waals surface area contributed by atoms with E-state index in [1.807, 2.05) is 19.9 Å². The first kappa shape index (κ1) is 9.78. The maximum atomic E-state index is 12.7. The van der Waals surface area contributed by atoms with Crippen LogP contribution in [0.5, 0.6) is 0 Å². The minimum atomic E-state index is -0.206. The summed E-state index contributed by atoms with van der Waals surface area (Å²) in [5.41, 5.74) is 2.07. The van der Waals surface area contributed by atoms with Gasteiger partial charge in [0.2, 0.25) is 0 Å². The van der Waals surface area contributed by atoms with Gasteiger partial charge in [0.1, 0.15) is 5.82 Å². The minimum Gasteiger partial charge on any atom is -0.381 e. The van der Waals surface area contributed by atoms with E-state index in [9.17, 15) is 4.39 Å². The quantitative estimate of drug-likeness (QED) is 0.702. The van der Waals surface area contributed by atoms with Crippen molar-refractivity contribution < 1.29 is 4.39 Å². The van der Waals surface area contributed by atoms with Gasteiger partial charge in [-0.3, -0.25) is 0 Å². The summed E-state index contributed by atoms with van der Waals surface area (Å²) in [6.07, 6.45) is 2.06. The predicted molar refractivity (Wildman–Crippen MR) is 54.3 cm³/mol. The van der Waals surface area contributed by atoms with Crippen molar-refractivity contribution >= 4 is 5.69 Å². The molecule has 0 amide bonds. The molecule has 0 radical (unpaired) electrons. The Morgan fingerprint density at radius 1 is 1.46 bits per heavy atom. The molecule has 0 atom stereocenters. The molecule has 0 unspecified atom stereocenters. The number of halogens is 1. The molecule has 70 valence electrons. The normalized spacial score (nSPS) is 9.46. The molecule has 0 fully saturated rings. The molecule has 0 spiro atoms. The van der Waals surface area contributed by atoms with Gasteiger partial charge in [-0.15, -0.1) is 0 Å². The molecule has 0 aliphatic rings. The van der Waals surface area contributed by atoms with E-state index in [2.05, 4.69) is 11.4 Å². The Hall–Kier alpha value is -1.31. The molecule has 1 aromatic rings. The van der Waals surface area contributed by atoms with Crippen molar-refractivity contribution in [2.24, 2.45) is 0 Å². The lowest BCUT2D eigenvalue weighted by Crippen LogP contribution is -1.98. The summed E-state index contributed by atoms with van der Waals surface area (Å²) in [4.78, 5) is 0. The van der Waals surface area contributed by atoms with Crippen molar-refractivity contribution in [3.05, 3.63) is 41.7 Å². The van der Waals surface area contributed by atoms with E-state index < -0.39 is 0 Å². The Balaban J connectivity index is 2.50. The SMILES string of the molecule is CC(C)=CCNc1cccc(F)c1. The number of rotatable bonds is 3. The number of nitrogens with one attached hydrogen (secondary N) is 1. The topological polar surface area (TPSA) is 12.0 Å². The standard InChI is InChI=1S/C11H14FN/c1-9(2)6-7-13-11-5-3-4-10(12)8-11/h3-6,8,13H,7H2,1-2H3. The molecule has 0 bridgehead atoms. The van der Waals surface area contributed by atoms with E-state index in [0.29, 0.717) is 0 Å². The Morgan fingerprint density at radius 2 is 2.23 bits per heavy atom. The molecule has 13 heavy (non-hydrogen) atoms. The lowest BCUT2D eigenvalue weighted by Gasteiger charge is -2.02. The summed E-state index contributed by atoms with van der Waals surface area (Å²) in [6, 6.07) is 6.47. The highest BCUT2D eigenvalue weighted by Crippen LogP contribution is 2.08. The monoisotopic (exact) mass is 179 g/mol. The maximum absolute atomic E-state index is 12.7. The van der Waals surface area contributed by atoms with Gasteiger partial charge in [0, 0.05) is 12.2 Å². The molecule has 1 aromatic carbocycles. The van der Waals surface area contributed by atoms with Crippen LogP contribution in [0.25, 0.3) is 0 Å². The lowest BCUT2D eigenvalue weighted by molar-refractivity contribution is 0.628. The molecule has 0 aromatic heterocycles. The summed E-state index contributed by atoms with van der Waals surface area (Å²) < 4.78 is 12.7. The van der Waals surface area contributed by atoms with E-state index in [1.165, 1.54) is 17.7 Å². The fraction of sp³-hybridized carbons (Fsp3) is 0.273. The van der Waals surface area contributed by atoms with Gasteiger partial charge in [-0.2, -0.15) is 0 Å². The highest BCUT2D eigenvalue weighted by atomic mass is 19.1. The number of hydrogen-bond donors (Lipinski definition) is 1. The molecule has 1 N–H and O–H groups in total. The smallest absolute Gasteiger partial charge is 0.125 e. The predicted octanol–water partition coefficient (Wildman–Crippen LogP) is 3.20. The third-order valence-corrected chi connectivity index (χ3v) is 1.64. The lowest BCUT2D eigenvalue weighted by atomic mass is 10.3. The molecule has 1 rings (SSSR count). The van der Waals surface area contributed by atoms with Crippen LogP contribution >= 0.6 is 0 Å². The number of allylic oxidation sites excluding steroid dienone is 1. The van der Waals surface area contributed by atoms with Crippen LogP contribution in [0.3, 0.4) is 0 Å². The number of anilines is 1. The largest absolute Gasteiger partial charge is 0.381 e. The van der Waals surface area contributed by atoms with E-state index in [-0.39, 0.29) is 5.82 Å². The van der Waals surface area contributed by atoms with Gasteiger partial charge >= 0.3 is 0 Å². The van der Waals surface area contributed by atoms with E-state index >= 15 is 0 Å². The van der Waals surface area contributed by atoms with Crippen LogP contribution in [0.4, 0.5) is 10.1 Å². The number of hydrogen-bond acceptors (Lipinski definition) is 1. The van der Waals surface area contributed by atoms with Gasteiger partial charge in [0.25, 0.3) is 0 Å². The molecule has 0 heterocycles. The molecule has 1 nitrogen and oxygen atoms in total. The Morgan fingerprint density at radius 3 is 2.85 bits per heavy atom. The van der Waals surface area contributed by atoms with E-state index in [4.69, 9.17) is 0 Å². The second-order valence-corrected chi connectivity index (χ2v) is 3.17. The Kier molecular flexibility index (Phi) is 3.50. The summed E-state index contributed by atoms with van der Waals surface area (Å²) in [6.45, 7) is 4.81. The molecule has 0 aliphatic carbocycles. The third-order valence-electron chi connectivity index (χ3n) is 1.64. The molecule has 0 saturated carbocycles. The van der Waals surface area contributed by atoms with Gasteiger partial charge in [0.15, 0.2) is 0 Å². The zero-order valence-electron chi connectivity index (χ0n) is 7.97. The number of benzene rings is 1. The van der Waals surface area contributed by atoms with Crippen molar-refractivity contribution in [2.45, 2.75) is 13.8 Å². The first-order valence-electron chi connectivity index (χ1n) is 4.31. The van der Waals surface area contributed by atoms with Crippen LogP contribution in [0.1, 0.15) is 13.8 Å². The molecule has 0 aliphatic heterocycles. The highest BCUT2D eigenvalue weighted by Gasteiger charge is 1.91. The van der Waals surface area contributed by atoms with Gasteiger partial charge in [-0.25, -0.2) is 4.39 Å². The summed E-state index contributed by atoms with van der Waals surface area (Å²) >= 11 is 0. The molecule has 2 heteroatoms. The zero-order valence-corrected chi connectivity index (χ0v) is 7.97. The highest BCUT2D eigenvalue weighted by molar-refractivity contribution is 5.43. The van der Waals surface area contributed by atoms with Crippen LogP contribution in [0.2, 0.25) is 0 Å². The maximum Gasteiger partial charge on any atom is 0.125 e. The zero-order chi connectivity index (χ0) is 9.68. The fourth-order valence-corrected chi connectivity index (χ4v) is 0.971. The summed E-state index contributed by atoms with van der Waals surface area (Å²) in [5, 5.41) is 3.10. The van der Waals surface area contributed by atoms with Crippen molar-refractivity contribution in [2.75, 3.05) is 11.9 Å². The average Bonchev–Trinajstić information content (AvgIpc) is 2.03. The first-order valence-corrected chi connectivity index (χ1v) is 4.31.